The Hall–Kier alpha value is -15.6. The standard InChI is InChI=1S/C70H50.C65H50/c1-69(2)61-28-16-14-20-49(61)51-37-35-47(41-63(51)69)67-57-26-12-13-27-58(57)68(48-36-38-52-50-21-15-17-29-62(50)70(3,4)64(52)42-48)60-40-46(34-39-59(60)67)43-30-32-45(33-31-43)66-55-24-10-8-22-53(55)65(44-18-6-5-7-19-44)54-23-9-11-25-56(54)66;1-63(2)55-20-12-9-15-45(55)48-31-27-42(36-58(48)63)40-25-23-39(24-26-40)41-28-34-53-54(35-41)62(44-30-33-50-47-17-11-14-22-57(47)65(5,6)60(50)38-44)52-19-8-7-18-51(52)61(53)43-29-32-49-46-16-10-13-21-56(46)64(3,4)59(49)37-43/h5-42H,1-4H3;7-38H,1-6H3. The lowest BCUT2D eigenvalue weighted by Gasteiger charge is -2.24. The van der Waals surface area contributed by atoms with Gasteiger partial charge in [0.05, 0.1) is 0 Å². The van der Waals surface area contributed by atoms with Gasteiger partial charge in [-0.05, 0) is 319 Å². The average molecular weight is 1720 g/mol. The fourth-order valence-corrected chi connectivity index (χ4v) is 25.3. The summed E-state index contributed by atoms with van der Waals surface area (Å²) < 4.78 is 0. The van der Waals surface area contributed by atoms with E-state index in [0.29, 0.717) is 0 Å². The molecular formula is C135H100. The van der Waals surface area contributed by atoms with Crippen LogP contribution in [0, 0.1) is 0 Å². The SMILES string of the molecule is CC1(C)c2ccccc2-c2ccc(-c3c4ccccc4c(-c4ccc5c(c4)C(C)(C)c4ccccc4-5)c4cc(-c5ccc(-c6c7ccccc7c(-c7ccccc7)c7ccccc67)cc5)ccc34)cc21.CC1(C)c2ccccc2-c2ccc(-c3ccc(-c4ccc5c(-c6ccc7c(c6)C(C)(C)c6ccccc6-7)c6ccccc6c(-c6ccc7c(c6)C(C)(C)c6ccccc6-7)c5c4)cc3)cc21. The van der Waals surface area contributed by atoms with Crippen LogP contribution in [0.1, 0.15) is 125 Å². The Kier molecular flexibility index (Phi) is 17.7. The van der Waals surface area contributed by atoms with Crippen LogP contribution in [0.25, 0.3) is 220 Å². The van der Waals surface area contributed by atoms with Crippen LogP contribution in [0.4, 0.5) is 0 Å². The van der Waals surface area contributed by atoms with Crippen molar-refractivity contribution in [1.29, 1.82) is 0 Å². The molecule has 0 atom stereocenters. The lowest BCUT2D eigenvalue weighted by molar-refractivity contribution is 0.660. The third-order valence-electron chi connectivity index (χ3n) is 32.2. The molecule has 22 aromatic rings. The minimum absolute atomic E-state index is 0.0345. The van der Waals surface area contributed by atoms with Gasteiger partial charge < -0.3 is 0 Å². The number of benzene rings is 22. The van der Waals surface area contributed by atoms with Gasteiger partial charge in [0.25, 0.3) is 0 Å². The molecule has 0 heterocycles. The molecule has 0 radical (unpaired) electrons. The maximum absolute atomic E-state index is 2.50. The van der Waals surface area contributed by atoms with Crippen LogP contribution in [-0.2, 0) is 27.1 Å². The summed E-state index contributed by atoms with van der Waals surface area (Å²) in [6, 6.07) is 161. The second-order valence-corrected chi connectivity index (χ2v) is 41.1. The first-order chi connectivity index (χ1) is 65.7. The van der Waals surface area contributed by atoms with E-state index in [9.17, 15) is 0 Å². The van der Waals surface area contributed by atoms with Crippen molar-refractivity contribution in [3.8, 4) is 156 Å². The van der Waals surface area contributed by atoms with Gasteiger partial charge in [-0.2, -0.15) is 0 Å². The van der Waals surface area contributed by atoms with Crippen molar-refractivity contribution in [2.75, 3.05) is 0 Å². The van der Waals surface area contributed by atoms with Gasteiger partial charge in [-0.25, -0.2) is 0 Å². The molecule has 0 saturated heterocycles. The highest BCUT2D eigenvalue weighted by Gasteiger charge is 2.42. The van der Waals surface area contributed by atoms with E-state index < -0.39 is 0 Å². The van der Waals surface area contributed by atoms with E-state index in [-0.39, 0.29) is 27.1 Å². The molecule has 0 spiro atoms. The first-order valence-corrected chi connectivity index (χ1v) is 48.2. The third kappa shape index (κ3) is 11.9. The van der Waals surface area contributed by atoms with Crippen LogP contribution >= 0.6 is 0 Å². The monoisotopic (exact) mass is 1720 g/mol. The Morgan fingerprint density at radius 1 is 0.104 bits per heavy atom. The highest BCUT2D eigenvalue weighted by atomic mass is 14.4. The zero-order valence-electron chi connectivity index (χ0n) is 77.9. The quantitative estimate of drug-likeness (QED) is 0.126. The van der Waals surface area contributed by atoms with Crippen LogP contribution in [0.3, 0.4) is 0 Å². The maximum atomic E-state index is 2.50. The smallest absolute Gasteiger partial charge is 0.0159 e. The molecule has 135 heavy (non-hydrogen) atoms. The molecule has 640 valence electrons. The van der Waals surface area contributed by atoms with E-state index in [2.05, 4.69) is 494 Å². The molecule has 0 saturated carbocycles. The van der Waals surface area contributed by atoms with Gasteiger partial charge in [0.2, 0.25) is 0 Å². The van der Waals surface area contributed by atoms with Crippen molar-refractivity contribution in [2.45, 2.75) is 96.3 Å². The second-order valence-electron chi connectivity index (χ2n) is 41.1. The zero-order chi connectivity index (χ0) is 90.9. The van der Waals surface area contributed by atoms with Crippen molar-refractivity contribution in [3.05, 3.63) is 480 Å². The van der Waals surface area contributed by atoms with Crippen LogP contribution in [-0.4, -0.2) is 0 Å². The predicted molar refractivity (Wildman–Crippen MR) is 575 cm³/mol. The molecule has 0 heteroatoms. The first-order valence-electron chi connectivity index (χ1n) is 48.2. The third-order valence-corrected chi connectivity index (χ3v) is 32.2. The molecular weight excluding hydrogens is 1620 g/mol. The highest BCUT2D eigenvalue weighted by molar-refractivity contribution is 6.25. The Morgan fingerprint density at radius 3 is 0.533 bits per heavy atom. The highest BCUT2D eigenvalue weighted by Crippen LogP contribution is 2.59. The van der Waals surface area contributed by atoms with Gasteiger partial charge in [0.1, 0.15) is 0 Å². The Balaban J connectivity index is 0.000000141. The van der Waals surface area contributed by atoms with Gasteiger partial charge in [-0.1, -0.05) is 451 Å². The molecule has 5 aliphatic rings. The fourth-order valence-electron chi connectivity index (χ4n) is 25.3. The van der Waals surface area contributed by atoms with E-state index in [0.717, 1.165) is 0 Å². The van der Waals surface area contributed by atoms with E-state index in [1.165, 1.54) is 276 Å². The number of hydrogen-bond acceptors (Lipinski definition) is 0. The summed E-state index contributed by atoms with van der Waals surface area (Å²) in [5, 5.41) is 15.3. The molecule has 22 aromatic carbocycles. The Bertz CT molecular complexity index is 8780. The Morgan fingerprint density at radius 2 is 0.267 bits per heavy atom. The molecule has 0 unspecified atom stereocenters. The predicted octanol–water partition coefficient (Wildman–Crippen LogP) is 36.8. The van der Waals surface area contributed by atoms with E-state index in [1.54, 1.807) is 0 Å². The molecule has 0 bridgehead atoms. The van der Waals surface area contributed by atoms with Gasteiger partial charge >= 0.3 is 0 Å². The lowest BCUT2D eigenvalue weighted by Crippen LogP contribution is -2.15. The first kappa shape index (κ1) is 80.3. The zero-order valence-corrected chi connectivity index (χ0v) is 77.9. The van der Waals surface area contributed by atoms with Crippen molar-refractivity contribution < 1.29 is 0 Å². The number of fused-ring (bicyclic) bond motifs is 21. The Labute approximate surface area is 791 Å². The molecule has 0 aromatic heterocycles. The lowest BCUT2D eigenvalue weighted by atomic mass is 9.79. The minimum Gasteiger partial charge on any atom is -0.0622 e. The largest absolute Gasteiger partial charge is 0.0622 e. The van der Waals surface area contributed by atoms with E-state index >= 15 is 0 Å². The van der Waals surface area contributed by atoms with Gasteiger partial charge in [-0.3, -0.25) is 0 Å². The van der Waals surface area contributed by atoms with Crippen molar-refractivity contribution in [2.24, 2.45) is 0 Å². The van der Waals surface area contributed by atoms with Crippen LogP contribution in [0.5, 0.6) is 0 Å². The summed E-state index contributed by atoms with van der Waals surface area (Å²) in [5.74, 6) is 0. The van der Waals surface area contributed by atoms with Crippen LogP contribution in [0.15, 0.2) is 425 Å². The maximum Gasteiger partial charge on any atom is 0.0159 e. The van der Waals surface area contributed by atoms with Crippen molar-refractivity contribution in [3.63, 3.8) is 0 Å². The average Bonchev–Trinajstić information content (AvgIpc) is 1.29. The molecule has 0 N–H and O–H groups in total. The molecule has 0 fully saturated rings. The van der Waals surface area contributed by atoms with Gasteiger partial charge in [0, 0.05) is 27.1 Å². The number of hydrogen-bond donors (Lipinski definition) is 0. The van der Waals surface area contributed by atoms with Crippen molar-refractivity contribution in [1.82, 2.24) is 0 Å². The van der Waals surface area contributed by atoms with E-state index in [1.807, 2.05) is 0 Å². The van der Waals surface area contributed by atoms with E-state index in [4.69, 9.17) is 0 Å². The number of rotatable bonds is 9. The minimum atomic E-state index is -0.117. The van der Waals surface area contributed by atoms with Crippen molar-refractivity contribution >= 4 is 64.6 Å². The summed E-state index contributed by atoms with van der Waals surface area (Å²) in [5.41, 5.74) is 49.6. The normalized spacial score (nSPS) is 14.6. The molecule has 27 rings (SSSR count). The fraction of sp³-hybridized carbons (Fsp3) is 0.111. The summed E-state index contributed by atoms with van der Waals surface area (Å²) in [7, 11) is 0. The van der Waals surface area contributed by atoms with Crippen LogP contribution < -0.4 is 0 Å². The summed E-state index contributed by atoms with van der Waals surface area (Å²) in [6.45, 7) is 23.8. The molecule has 0 aliphatic heterocycles. The summed E-state index contributed by atoms with van der Waals surface area (Å²) in [6.07, 6.45) is 0. The topological polar surface area (TPSA) is 0 Å². The van der Waals surface area contributed by atoms with Crippen LogP contribution in [0.2, 0.25) is 0 Å². The van der Waals surface area contributed by atoms with Gasteiger partial charge in [0.15, 0.2) is 0 Å². The molecule has 0 amide bonds. The second kappa shape index (κ2) is 29.7. The molecule has 5 aliphatic carbocycles. The van der Waals surface area contributed by atoms with Gasteiger partial charge in [-0.15, -0.1) is 0 Å². The summed E-state index contributed by atoms with van der Waals surface area (Å²) >= 11 is 0. The summed E-state index contributed by atoms with van der Waals surface area (Å²) in [4.78, 5) is 0. The molecule has 0 nitrogen and oxygen atoms in total.